The summed E-state index contributed by atoms with van der Waals surface area (Å²) in [4.78, 5) is 0. The molecule has 0 aliphatic rings. The Balaban J connectivity index is 2.20. The summed E-state index contributed by atoms with van der Waals surface area (Å²) in [6.07, 6.45) is 1.54. The van der Waals surface area contributed by atoms with Gasteiger partial charge in [0, 0.05) is 7.05 Å². The minimum atomic E-state index is 0.0786. The molecule has 3 aromatic rings. The topological polar surface area (TPSA) is 58.5 Å². The van der Waals surface area contributed by atoms with Crippen LogP contribution < -0.4 is 5.32 Å². The lowest BCUT2D eigenvalue weighted by Gasteiger charge is -2.03. The van der Waals surface area contributed by atoms with E-state index in [0.717, 1.165) is 11.1 Å². The molecule has 2 aromatic heterocycles. The molecule has 0 amide bonds. The molecule has 4 heteroatoms. The van der Waals surface area contributed by atoms with Gasteiger partial charge < -0.3 is 19.3 Å². The van der Waals surface area contributed by atoms with Crippen LogP contribution in [0.1, 0.15) is 5.56 Å². The summed E-state index contributed by atoms with van der Waals surface area (Å²) in [7, 11) is 1.75. The zero-order chi connectivity index (χ0) is 14.1. The van der Waals surface area contributed by atoms with E-state index in [1.807, 2.05) is 31.2 Å². The summed E-state index contributed by atoms with van der Waals surface area (Å²) >= 11 is 0. The van der Waals surface area contributed by atoms with Crippen molar-refractivity contribution in [3.63, 3.8) is 0 Å². The molecule has 4 nitrogen and oxygen atoms in total. The molecule has 1 aromatic carbocycles. The van der Waals surface area contributed by atoms with Gasteiger partial charge in [0.15, 0.2) is 11.5 Å². The minimum absolute atomic E-state index is 0.0786. The quantitative estimate of drug-likeness (QED) is 0.745. The Morgan fingerprint density at radius 1 is 1.15 bits per heavy atom. The lowest BCUT2D eigenvalue weighted by atomic mass is 10.0. The van der Waals surface area contributed by atoms with Crippen molar-refractivity contribution in [3.05, 3.63) is 48.2 Å². The number of aryl methyl sites for hydroxylation is 1. The Labute approximate surface area is 116 Å². The van der Waals surface area contributed by atoms with E-state index < -0.39 is 0 Å². The third-order valence-electron chi connectivity index (χ3n) is 3.16. The zero-order valence-corrected chi connectivity index (χ0v) is 11.3. The van der Waals surface area contributed by atoms with Crippen LogP contribution in [-0.4, -0.2) is 12.2 Å². The normalized spacial score (nSPS) is 10.7. The summed E-state index contributed by atoms with van der Waals surface area (Å²) in [5.41, 5.74) is 2.65. The van der Waals surface area contributed by atoms with Crippen molar-refractivity contribution >= 4 is 5.88 Å². The molecule has 0 bridgehead atoms. The maximum absolute atomic E-state index is 10.5. The highest BCUT2D eigenvalue weighted by Gasteiger charge is 2.23. The molecule has 0 saturated heterocycles. The third-order valence-corrected chi connectivity index (χ3v) is 3.16. The van der Waals surface area contributed by atoms with Gasteiger partial charge in [-0.25, -0.2) is 0 Å². The second-order valence-corrected chi connectivity index (χ2v) is 4.58. The first kappa shape index (κ1) is 12.4. The Kier molecular flexibility index (Phi) is 2.99. The average Bonchev–Trinajstić information content (AvgIpc) is 3.05. The number of furan rings is 2. The molecule has 0 aliphatic heterocycles. The largest absolute Gasteiger partial charge is 0.504 e. The minimum Gasteiger partial charge on any atom is -0.504 e. The Hall–Kier alpha value is -2.62. The first-order valence-electron chi connectivity index (χ1n) is 6.35. The molecule has 102 valence electrons. The highest BCUT2D eigenvalue weighted by Crippen LogP contribution is 2.46. The molecule has 0 atom stereocenters. The van der Waals surface area contributed by atoms with Gasteiger partial charge in [0.25, 0.3) is 0 Å². The maximum atomic E-state index is 10.5. The number of nitrogens with one attached hydrogen (secondary N) is 1. The number of rotatable bonds is 3. The van der Waals surface area contributed by atoms with E-state index in [9.17, 15) is 5.11 Å². The fourth-order valence-corrected chi connectivity index (χ4v) is 2.24. The van der Waals surface area contributed by atoms with E-state index >= 15 is 0 Å². The van der Waals surface area contributed by atoms with Crippen LogP contribution in [0.3, 0.4) is 0 Å². The van der Waals surface area contributed by atoms with Crippen LogP contribution in [0.15, 0.2) is 51.5 Å². The van der Waals surface area contributed by atoms with Crippen LogP contribution >= 0.6 is 0 Å². The number of aromatic hydroxyl groups is 1. The molecule has 0 radical (unpaired) electrons. The lowest BCUT2D eigenvalue weighted by Crippen LogP contribution is -1.88. The van der Waals surface area contributed by atoms with Gasteiger partial charge in [0.2, 0.25) is 11.6 Å². The fourth-order valence-electron chi connectivity index (χ4n) is 2.24. The predicted molar refractivity (Wildman–Crippen MR) is 77.8 cm³/mol. The highest BCUT2D eigenvalue weighted by atomic mass is 16.4. The van der Waals surface area contributed by atoms with Gasteiger partial charge in [-0.05, 0) is 24.6 Å². The average molecular weight is 269 g/mol. The number of hydrogen-bond donors (Lipinski definition) is 2. The van der Waals surface area contributed by atoms with Gasteiger partial charge in [-0.2, -0.15) is 0 Å². The first-order valence-corrected chi connectivity index (χ1v) is 6.35. The van der Waals surface area contributed by atoms with Crippen LogP contribution in [0, 0.1) is 6.92 Å². The van der Waals surface area contributed by atoms with Crippen LogP contribution in [-0.2, 0) is 0 Å². The van der Waals surface area contributed by atoms with Crippen LogP contribution in [0.2, 0.25) is 0 Å². The SMILES string of the molecule is CNc1oc(-c2ccco2)c(O)c1-c1cccc(C)c1. The second-order valence-electron chi connectivity index (χ2n) is 4.58. The summed E-state index contributed by atoms with van der Waals surface area (Å²) in [6, 6.07) is 11.4. The number of benzene rings is 1. The van der Waals surface area contributed by atoms with E-state index in [2.05, 4.69) is 5.32 Å². The molecule has 0 spiro atoms. The van der Waals surface area contributed by atoms with Gasteiger partial charge in [0.1, 0.15) is 0 Å². The highest BCUT2D eigenvalue weighted by molar-refractivity contribution is 5.86. The van der Waals surface area contributed by atoms with E-state index in [0.29, 0.717) is 23.0 Å². The summed E-state index contributed by atoms with van der Waals surface area (Å²) in [5, 5.41) is 13.4. The molecule has 20 heavy (non-hydrogen) atoms. The summed E-state index contributed by atoms with van der Waals surface area (Å²) < 4.78 is 11.0. The smallest absolute Gasteiger partial charge is 0.214 e. The molecule has 2 heterocycles. The van der Waals surface area contributed by atoms with Crippen molar-refractivity contribution in [1.29, 1.82) is 0 Å². The van der Waals surface area contributed by atoms with Crippen LogP contribution in [0.4, 0.5) is 5.88 Å². The van der Waals surface area contributed by atoms with Crippen molar-refractivity contribution in [2.75, 3.05) is 12.4 Å². The van der Waals surface area contributed by atoms with Gasteiger partial charge in [-0.3, -0.25) is 0 Å². The van der Waals surface area contributed by atoms with E-state index in [-0.39, 0.29) is 5.75 Å². The first-order chi connectivity index (χ1) is 9.70. The second kappa shape index (κ2) is 4.81. The maximum Gasteiger partial charge on any atom is 0.214 e. The summed E-state index contributed by atoms with van der Waals surface area (Å²) in [6.45, 7) is 2.01. The lowest BCUT2D eigenvalue weighted by molar-refractivity contribution is 0.456. The predicted octanol–water partition coefficient (Wildman–Crippen LogP) is 4.26. The molecular weight excluding hydrogens is 254 g/mol. The van der Waals surface area contributed by atoms with Gasteiger partial charge in [-0.1, -0.05) is 29.8 Å². The zero-order valence-electron chi connectivity index (χ0n) is 11.3. The van der Waals surface area contributed by atoms with E-state index in [4.69, 9.17) is 8.83 Å². The molecule has 0 aliphatic carbocycles. The molecule has 0 unspecified atom stereocenters. The Morgan fingerprint density at radius 2 is 2.00 bits per heavy atom. The van der Waals surface area contributed by atoms with Gasteiger partial charge in [-0.15, -0.1) is 0 Å². The molecule has 0 saturated carbocycles. The molecule has 0 fully saturated rings. The van der Waals surface area contributed by atoms with Crippen molar-refractivity contribution in [1.82, 2.24) is 0 Å². The Morgan fingerprint density at radius 3 is 2.65 bits per heavy atom. The van der Waals surface area contributed by atoms with E-state index in [1.54, 1.807) is 25.4 Å². The standard InChI is InChI=1S/C16H15NO3/c1-10-5-3-6-11(9-10)13-14(18)15(20-16(13)17-2)12-7-4-8-19-12/h3-9,17-18H,1-2H3. The van der Waals surface area contributed by atoms with Gasteiger partial charge in [0.05, 0.1) is 11.8 Å². The number of anilines is 1. The van der Waals surface area contributed by atoms with Crippen molar-refractivity contribution in [2.45, 2.75) is 6.92 Å². The molecule has 2 N–H and O–H groups in total. The Bertz CT molecular complexity index is 726. The van der Waals surface area contributed by atoms with Crippen LogP contribution in [0.5, 0.6) is 5.75 Å². The summed E-state index contributed by atoms with van der Waals surface area (Å²) in [5.74, 6) is 1.42. The third kappa shape index (κ3) is 1.95. The number of hydrogen-bond acceptors (Lipinski definition) is 4. The van der Waals surface area contributed by atoms with E-state index in [1.165, 1.54) is 0 Å². The molecule has 3 rings (SSSR count). The van der Waals surface area contributed by atoms with Crippen LogP contribution in [0.25, 0.3) is 22.6 Å². The van der Waals surface area contributed by atoms with Crippen molar-refractivity contribution in [2.24, 2.45) is 0 Å². The van der Waals surface area contributed by atoms with Gasteiger partial charge >= 0.3 is 0 Å². The monoisotopic (exact) mass is 269 g/mol. The molecular formula is C16H15NO3. The van der Waals surface area contributed by atoms with Crippen molar-refractivity contribution < 1.29 is 13.9 Å². The van der Waals surface area contributed by atoms with Crippen molar-refractivity contribution in [3.8, 4) is 28.4 Å². The fraction of sp³-hybridized carbons (Fsp3) is 0.125.